The predicted octanol–water partition coefficient (Wildman–Crippen LogP) is 2.09. The van der Waals surface area contributed by atoms with Crippen LogP contribution in [0.5, 0.6) is 0 Å². The second-order valence-electron chi connectivity index (χ2n) is 3.48. The average molecular weight is 212 g/mol. The summed E-state index contributed by atoms with van der Waals surface area (Å²) in [5, 5.41) is 8.83. The molecule has 16 heavy (non-hydrogen) atoms. The lowest BCUT2D eigenvalue weighted by atomic mass is 10.3. The highest BCUT2D eigenvalue weighted by Crippen LogP contribution is 2.10. The Bertz CT molecular complexity index is 522. The van der Waals surface area contributed by atoms with E-state index in [1.807, 2.05) is 10.8 Å². The summed E-state index contributed by atoms with van der Waals surface area (Å²) in [6.45, 7) is 2.11. The van der Waals surface area contributed by atoms with E-state index < -0.39 is 0 Å². The van der Waals surface area contributed by atoms with E-state index in [1.165, 1.54) is 0 Å². The van der Waals surface area contributed by atoms with Gasteiger partial charge in [-0.15, -0.1) is 0 Å². The molecule has 2 aromatic rings. The van der Waals surface area contributed by atoms with E-state index in [0.29, 0.717) is 5.56 Å². The number of aromatic nitrogens is 3. The zero-order valence-corrected chi connectivity index (χ0v) is 9.09. The lowest BCUT2D eigenvalue weighted by molar-refractivity contribution is 0.798. The van der Waals surface area contributed by atoms with Gasteiger partial charge in [-0.25, -0.2) is 9.97 Å². The largest absolute Gasteiger partial charge is 0.288 e. The number of imidazole rings is 1. The molecule has 0 saturated carbocycles. The maximum absolute atomic E-state index is 8.83. The van der Waals surface area contributed by atoms with Crippen LogP contribution in [0.15, 0.2) is 30.7 Å². The summed E-state index contributed by atoms with van der Waals surface area (Å²) in [7, 11) is 0. The highest BCUT2D eigenvalue weighted by Gasteiger charge is 2.05. The Hall–Kier alpha value is -2.15. The summed E-state index contributed by atoms with van der Waals surface area (Å²) in [4.78, 5) is 8.52. The number of aryl methyl sites for hydroxylation is 1. The normalized spacial score (nSPS) is 10.0. The van der Waals surface area contributed by atoms with Gasteiger partial charge in [0.15, 0.2) is 0 Å². The van der Waals surface area contributed by atoms with Gasteiger partial charge >= 0.3 is 0 Å². The number of rotatable bonds is 3. The van der Waals surface area contributed by atoms with Gasteiger partial charge in [0.05, 0.1) is 11.6 Å². The molecule has 0 aliphatic rings. The zero-order valence-electron chi connectivity index (χ0n) is 9.09. The van der Waals surface area contributed by atoms with Crippen LogP contribution in [0.1, 0.15) is 24.7 Å². The van der Waals surface area contributed by atoms with Crippen molar-refractivity contribution in [2.45, 2.75) is 19.8 Å². The van der Waals surface area contributed by atoms with E-state index in [9.17, 15) is 0 Å². The third kappa shape index (κ3) is 1.94. The van der Waals surface area contributed by atoms with Gasteiger partial charge in [-0.05, 0) is 18.6 Å². The molecule has 0 spiro atoms. The molecule has 0 aromatic carbocycles. The van der Waals surface area contributed by atoms with Crippen molar-refractivity contribution in [3.8, 4) is 11.9 Å². The molecule has 80 valence electrons. The number of nitrogens with zero attached hydrogens (tertiary/aromatic N) is 4. The fraction of sp³-hybridized carbons (Fsp3) is 0.250. The molecular formula is C12H12N4. The van der Waals surface area contributed by atoms with Crippen LogP contribution in [0.25, 0.3) is 5.82 Å². The zero-order chi connectivity index (χ0) is 11.4. The summed E-state index contributed by atoms with van der Waals surface area (Å²) in [6, 6.07) is 5.57. The van der Waals surface area contributed by atoms with Crippen LogP contribution in [-0.2, 0) is 6.42 Å². The Balaban J connectivity index is 2.42. The van der Waals surface area contributed by atoms with Crippen LogP contribution >= 0.6 is 0 Å². The van der Waals surface area contributed by atoms with Crippen LogP contribution in [0.2, 0.25) is 0 Å². The maximum Gasteiger partial charge on any atom is 0.139 e. The number of nitriles is 1. The molecule has 0 aliphatic heterocycles. The average Bonchev–Trinajstić information content (AvgIpc) is 2.78. The van der Waals surface area contributed by atoms with Crippen molar-refractivity contribution < 1.29 is 0 Å². The van der Waals surface area contributed by atoms with Crippen molar-refractivity contribution in [2.75, 3.05) is 0 Å². The molecule has 0 unspecified atom stereocenters. The number of hydrogen-bond acceptors (Lipinski definition) is 3. The Labute approximate surface area is 94.2 Å². The van der Waals surface area contributed by atoms with Crippen LogP contribution in [0, 0.1) is 11.3 Å². The maximum atomic E-state index is 8.83. The molecule has 0 fully saturated rings. The standard InChI is InChI=1S/C12H12N4/c1-2-3-11-15-6-7-16(11)12-8-10(9-13)4-5-14-12/h4-8H,2-3H2,1H3. The number of pyridine rings is 1. The van der Waals surface area contributed by atoms with Gasteiger partial charge in [-0.1, -0.05) is 6.92 Å². The van der Waals surface area contributed by atoms with E-state index >= 15 is 0 Å². The van der Waals surface area contributed by atoms with Crippen LogP contribution in [-0.4, -0.2) is 14.5 Å². The molecule has 0 N–H and O–H groups in total. The number of hydrogen-bond donors (Lipinski definition) is 0. The first-order chi connectivity index (χ1) is 7.85. The van der Waals surface area contributed by atoms with Crippen molar-refractivity contribution >= 4 is 0 Å². The molecule has 4 nitrogen and oxygen atoms in total. The Morgan fingerprint density at radius 3 is 3.00 bits per heavy atom. The van der Waals surface area contributed by atoms with Gasteiger partial charge in [-0.2, -0.15) is 5.26 Å². The first kappa shape index (κ1) is 10.4. The third-order valence-corrected chi connectivity index (χ3v) is 2.31. The lowest BCUT2D eigenvalue weighted by Gasteiger charge is -2.05. The van der Waals surface area contributed by atoms with Gasteiger partial charge in [0.25, 0.3) is 0 Å². The molecule has 0 amide bonds. The molecule has 0 radical (unpaired) electrons. The van der Waals surface area contributed by atoms with E-state index in [-0.39, 0.29) is 0 Å². The van der Waals surface area contributed by atoms with Crippen molar-refractivity contribution in [3.63, 3.8) is 0 Å². The van der Waals surface area contributed by atoms with Gasteiger partial charge in [0, 0.05) is 25.0 Å². The molecule has 2 aromatic heterocycles. The van der Waals surface area contributed by atoms with Crippen molar-refractivity contribution in [1.82, 2.24) is 14.5 Å². The molecular weight excluding hydrogens is 200 g/mol. The molecule has 2 heterocycles. The smallest absolute Gasteiger partial charge is 0.139 e. The molecule has 0 aliphatic carbocycles. The van der Waals surface area contributed by atoms with Gasteiger partial charge in [-0.3, -0.25) is 4.57 Å². The van der Waals surface area contributed by atoms with Crippen LogP contribution in [0.4, 0.5) is 0 Å². The molecule has 2 rings (SSSR count). The summed E-state index contributed by atoms with van der Waals surface area (Å²) < 4.78 is 1.92. The summed E-state index contributed by atoms with van der Waals surface area (Å²) in [5.74, 6) is 1.73. The van der Waals surface area contributed by atoms with Crippen molar-refractivity contribution in [1.29, 1.82) is 5.26 Å². The minimum atomic E-state index is 0.612. The Morgan fingerprint density at radius 1 is 1.38 bits per heavy atom. The Morgan fingerprint density at radius 2 is 2.25 bits per heavy atom. The molecule has 0 atom stereocenters. The van der Waals surface area contributed by atoms with E-state index in [1.54, 1.807) is 24.5 Å². The van der Waals surface area contributed by atoms with Gasteiger partial charge in [0.1, 0.15) is 11.6 Å². The van der Waals surface area contributed by atoms with Crippen molar-refractivity contribution in [2.24, 2.45) is 0 Å². The SMILES string of the molecule is CCCc1nccn1-c1cc(C#N)ccn1. The van der Waals surface area contributed by atoms with Crippen LogP contribution < -0.4 is 0 Å². The monoisotopic (exact) mass is 212 g/mol. The summed E-state index contributed by atoms with van der Waals surface area (Å²) in [6.07, 6.45) is 7.21. The molecule has 0 bridgehead atoms. The van der Waals surface area contributed by atoms with Gasteiger partial charge in [0.2, 0.25) is 0 Å². The fourth-order valence-electron chi connectivity index (χ4n) is 1.57. The predicted molar refractivity (Wildman–Crippen MR) is 60.1 cm³/mol. The van der Waals surface area contributed by atoms with E-state index in [2.05, 4.69) is 23.0 Å². The third-order valence-electron chi connectivity index (χ3n) is 2.31. The topological polar surface area (TPSA) is 54.5 Å². The minimum absolute atomic E-state index is 0.612. The quantitative estimate of drug-likeness (QED) is 0.782. The second kappa shape index (κ2) is 4.58. The summed E-state index contributed by atoms with van der Waals surface area (Å²) >= 11 is 0. The molecule has 0 saturated heterocycles. The summed E-state index contributed by atoms with van der Waals surface area (Å²) in [5.41, 5.74) is 0.612. The Kier molecular flexibility index (Phi) is 2.97. The van der Waals surface area contributed by atoms with Crippen LogP contribution in [0.3, 0.4) is 0 Å². The second-order valence-corrected chi connectivity index (χ2v) is 3.48. The lowest BCUT2D eigenvalue weighted by Crippen LogP contribution is -2.02. The highest BCUT2D eigenvalue weighted by molar-refractivity contribution is 5.36. The minimum Gasteiger partial charge on any atom is -0.288 e. The van der Waals surface area contributed by atoms with E-state index in [0.717, 1.165) is 24.5 Å². The first-order valence-corrected chi connectivity index (χ1v) is 5.24. The van der Waals surface area contributed by atoms with Crippen molar-refractivity contribution in [3.05, 3.63) is 42.1 Å². The highest BCUT2D eigenvalue weighted by atomic mass is 15.1. The fourth-order valence-corrected chi connectivity index (χ4v) is 1.57. The van der Waals surface area contributed by atoms with Gasteiger partial charge < -0.3 is 0 Å². The van der Waals surface area contributed by atoms with E-state index in [4.69, 9.17) is 5.26 Å². The first-order valence-electron chi connectivity index (χ1n) is 5.24. The molecule has 4 heteroatoms.